The SMILES string of the molecule is CCN1CCN(C(=O)CCc2nnc(-c3ccccc3Cl)o2)CC1. The van der Waals surface area contributed by atoms with Crippen LogP contribution in [0.2, 0.25) is 5.02 Å². The molecule has 0 radical (unpaired) electrons. The summed E-state index contributed by atoms with van der Waals surface area (Å²) >= 11 is 6.13. The Bertz CT molecular complexity index is 695. The average molecular weight is 349 g/mol. The number of carbonyl (C=O) groups excluding carboxylic acids is 1. The zero-order valence-electron chi connectivity index (χ0n) is 13.7. The first-order chi connectivity index (χ1) is 11.7. The Morgan fingerprint density at radius 1 is 1.21 bits per heavy atom. The molecular weight excluding hydrogens is 328 g/mol. The van der Waals surface area contributed by atoms with Gasteiger partial charge < -0.3 is 14.2 Å². The van der Waals surface area contributed by atoms with E-state index in [9.17, 15) is 4.79 Å². The third-order valence-electron chi connectivity index (χ3n) is 4.30. The van der Waals surface area contributed by atoms with Crippen LogP contribution in [0.5, 0.6) is 0 Å². The summed E-state index contributed by atoms with van der Waals surface area (Å²) in [5.74, 6) is 0.994. The summed E-state index contributed by atoms with van der Waals surface area (Å²) in [6.45, 7) is 6.65. The summed E-state index contributed by atoms with van der Waals surface area (Å²) in [5, 5.41) is 8.62. The van der Waals surface area contributed by atoms with Gasteiger partial charge in [-0.3, -0.25) is 4.79 Å². The first-order valence-electron chi connectivity index (χ1n) is 8.24. The van der Waals surface area contributed by atoms with Gasteiger partial charge in [-0.15, -0.1) is 10.2 Å². The number of piperazine rings is 1. The van der Waals surface area contributed by atoms with E-state index in [1.165, 1.54) is 0 Å². The molecule has 1 aliphatic heterocycles. The van der Waals surface area contributed by atoms with E-state index in [1.54, 1.807) is 6.07 Å². The molecule has 1 aliphatic rings. The summed E-state index contributed by atoms with van der Waals surface area (Å²) < 4.78 is 5.64. The molecule has 0 atom stereocenters. The fraction of sp³-hybridized carbons (Fsp3) is 0.471. The van der Waals surface area contributed by atoms with E-state index in [2.05, 4.69) is 22.0 Å². The normalized spacial score (nSPS) is 15.7. The van der Waals surface area contributed by atoms with Gasteiger partial charge in [0.1, 0.15) is 0 Å². The Labute approximate surface area is 146 Å². The molecule has 2 heterocycles. The number of hydrogen-bond acceptors (Lipinski definition) is 5. The second kappa shape index (κ2) is 7.77. The Morgan fingerprint density at radius 2 is 1.96 bits per heavy atom. The van der Waals surface area contributed by atoms with Crippen LogP contribution < -0.4 is 0 Å². The van der Waals surface area contributed by atoms with Crippen molar-refractivity contribution in [3.63, 3.8) is 0 Å². The number of aryl methyl sites for hydroxylation is 1. The number of aromatic nitrogens is 2. The first kappa shape index (κ1) is 16.9. The van der Waals surface area contributed by atoms with Crippen LogP contribution in [-0.2, 0) is 11.2 Å². The van der Waals surface area contributed by atoms with Crippen LogP contribution >= 0.6 is 11.6 Å². The molecule has 1 aromatic carbocycles. The highest BCUT2D eigenvalue weighted by molar-refractivity contribution is 6.33. The molecule has 0 N–H and O–H groups in total. The number of likely N-dealkylation sites (N-methyl/N-ethyl adjacent to an activating group) is 1. The maximum atomic E-state index is 12.3. The molecule has 2 aromatic rings. The van der Waals surface area contributed by atoms with Crippen molar-refractivity contribution in [3.05, 3.63) is 35.2 Å². The Kier molecular flexibility index (Phi) is 5.48. The Balaban J connectivity index is 1.54. The lowest BCUT2D eigenvalue weighted by atomic mass is 10.2. The predicted molar refractivity (Wildman–Crippen MR) is 91.8 cm³/mol. The lowest BCUT2D eigenvalue weighted by Gasteiger charge is -2.34. The van der Waals surface area contributed by atoms with E-state index in [1.807, 2.05) is 23.1 Å². The van der Waals surface area contributed by atoms with E-state index in [-0.39, 0.29) is 5.91 Å². The van der Waals surface area contributed by atoms with Gasteiger partial charge in [-0.25, -0.2) is 0 Å². The molecule has 128 valence electrons. The minimum atomic E-state index is 0.142. The van der Waals surface area contributed by atoms with E-state index < -0.39 is 0 Å². The van der Waals surface area contributed by atoms with Gasteiger partial charge in [-0.1, -0.05) is 30.7 Å². The highest BCUT2D eigenvalue weighted by Gasteiger charge is 2.20. The Hall–Kier alpha value is -1.92. The molecule has 24 heavy (non-hydrogen) atoms. The van der Waals surface area contributed by atoms with Crippen LogP contribution in [0, 0.1) is 0 Å². The van der Waals surface area contributed by atoms with Gasteiger partial charge in [-0.05, 0) is 18.7 Å². The third-order valence-corrected chi connectivity index (χ3v) is 4.63. The van der Waals surface area contributed by atoms with Crippen molar-refractivity contribution < 1.29 is 9.21 Å². The topological polar surface area (TPSA) is 62.5 Å². The number of carbonyl (C=O) groups is 1. The monoisotopic (exact) mass is 348 g/mol. The van der Waals surface area contributed by atoms with Crippen LogP contribution in [0.25, 0.3) is 11.5 Å². The number of halogens is 1. The zero-order chi connectivity index (χ0) is 16.9. The van der Waals surface area contributed by atoms with Gasteiger partial charge in [0.05, 0.1) is 10.6 Å². The van der Waals surface area contributed by atoms with Crippen LogP contribution in [0.15, 0.2) is 28.7 Å². The number of nitrogens with zero attached hydrogens (tertiary/aromatic N) is 4. The summed E-state index contributed by atoms with van der Waals surface area (Å²) in [4.78, 5) is 16.6. The van der Waals surface area contributed by atoms with Crippen molar-refractivity contribution in [2.24, 2.45) is 0 Å². The molecule has 0 unspecified atom stereocenters. The molecule has 0 saturated carbocycles. The second-order valence-corrected chi connectivity index (χ2v) is 6.20. The van der Waals surface area contributed by atoms with E-state index in [4.69, 9.17) is 16.0 Å². The predicted octanol–water partition coefficient (Wildman–Crippen LogP) is 2.49. The molecule has 7 heteroatoms. The average Bonchev–Trinajstić information content (AvgIpc) is 3.09. The van der Waals surface area contributed by atoms with Crippen molar-refractivity contribution >= 4 is 17.5 Å². The first-order valence-corrected chi connectivity index (χ1v) is 8.62. The van der Waals surface area contributed by atoms with E-state index >= 15 is 0 Å². The lowest BCUT2D eigenvalue weighted by Crippen LogP contribution is -2.48. The van der Waals surface area contributed by atoms with Crippen molar-refractivity contribution in [2.75, 3.05) is 32.7 Å². The molecule has 0 bridgehead atoms. The van der Waals surface area contributed by atoms with Crippen molar-refractivity contribution in [1.29, 1.82) is 0 Å². The molecule has 1 fully saturated rings. The molecule has 0 aliphatic carbocycles. The van der Waals surface area contributed by atoms with Crippen LogP contribution in [0.4, 0.5) is 0 Å². The number of benzene rings is 1. The minimum Gasteiger partial charge on any atom is -0.421 e. The third kappa shape index (κ3) is 3.94. The minimum absolute atomic E-state index is 0.142. The number of hydrogen-bond donors (Lipinski definition) is 0. The van der Waals surface area contributed by atoms with Gasteiger partial charge >= 0.3 is 0 Å². The largest absolute Gasteiger partial charge is 0.421 e. The summed E-state index contributed by atoms with van der Waals surface area (Å²) in [6.07, 6.45) is 0.834. The van der Waals surface area contributed by atoms with E-state index in [0.29, 0.717) is 35.2 Å². The standard InChI is InChI=1S/C17H21ClN4O2/c1-2-21-9-11-22(12-10-21)16(23)8-7-15-19-20-17(24-15)13-5-3-4-6-14(13)18/h3-6H,2,7-12H2,1H3. The smallest absolute Gasteiger partial charge is 0.249 e. The van der Waals surface area contributed by atoms with Gasteiger partial charge in [0.25, 0.3) is 0 Å². The second-order valence-electron chi connectivity index (χ2n) is 5.80. The van der Waals surface area contributed by atoms with Gasteiger partial charge in [-0.2, -0.15) is 0 Å². The van der Waals surface area contributed by atoms with Crippen LogP contribution in [0.1, 0.15) is 19.2 Å². The summed E-state index contributed by atoms with van der Waals surface area (Å²) in [7, 11) is 0. The molecule has 6 nitrogen and oxygen atoms in total. The Morgan fingerprint density at radius 3 is 2.67 bits per heavy atom. The maximum Gasteiger partial charge on any atom is 0.249 e. The van der Waals surface area contributed by atoms with Crippen molar-refractivity contribution in [2.45, 2.75) is 19.8 Å². The van der Waals surface area contributed by atoms with Gasteiger partial charge in [0.2, 0.25) is 17.7 Å². The molecule has 0 spiro atoms. The summed E-state index contributed by atoms with van der Waals surface area (Å²) in [5.41, 5.74) is 0.708. The van der Waals surface area contributed by atoms with Gasteiger partial charge in [0.15, 0.2) is 0 Å². The van der Waals surface area contributed by atoms with Gasteiger partial charge in [0, 0.05) is 39.0 Å². The maximum absolute atomic E-state index is 12.3. The quantitative estimate of drug-likeness (QED) is 0.830. The highest BCUT2D eigenvalue weighted by atomic mass is 35.5. The molecule has 1 aromatic heterocycles. The van der Waals surface area contributed by atoms with Crippen molar-refractivity contribution in [3.8, 4) is 11.5 Å². The van der Waals surface area contributed by atoms with Crippen LogP contribution in [0.3, 0.4) is 0 Å². The molecular formula is C17H21ClN4O2. The van der Waals surface area contributed by atoms with Crippen LogP contribution in [-0.4, -0.2) is 58.6 Å². The number of amides is 1. The zero-order valence-corrected chi connectivity index (χ0v) is 14.5. The highest BCUT2D eigenvalue weighted by Crippen LogP contribution is 2.26. The van der Waals surface area contributed by atoms with E-state index in [0.717, 1.165) is 32.7 Å². The van der Waals surface area contributed by atoms with Crippen molar-refractivity contribution in [1.82, 2.24) is 20.0 Å². The fourth-order valence-corrected chi connectivity index (χ4v) is 3.00. The number of rotatable bonds is 5. The summed E-state index contributed by atoms with van der Waals surface area (Å²) in [6, 6.07) is 7.32. The molecule has 1 amide bonds. The molecule has 1 saturated heterocycles. The molecule has 3 rings (SSSR count). The fourth-order valence-electron chi connectivity index (χ4n) is 2.78. The lowest BCUT2D eigenvalue weighted by molar-refractivity contribution is -0.132.